The molecule has 2 aromatic heterocycles. The average Bonchev–Trinajstić information content (AvgIpc) is 2.85. The molecule has 6 heteroatoms. The molecule has 2 atom stereocenters. The van der Waals surface area contributed by atoms with Crippen molar-refractivity contribution in [1.29, 1.82) is 0 Å². The Morgan fingerprint density at radius 2 is 1.80 bits per heavy atom. The average molecular weight is 275 g/mol. The quantitative estimate of drug-likeness (QED) is 0.922. The van der Waals surface area contributed by atoms with Gasteiger partial charge >= 0.3 is 5.97 Å². The summed E-state index contributed by atoms with van der Waals surface area (Å²) in [6.07, 6.45) is 0. The van der Waals surface area contributed by atoms with Crippen molar-refractivity contribution >= 4 is 5.97 Å². The van der Waals surface area contributed by atoms with Gasteiger partial charge in [0, 0.05) is 22.9 Å². The van der Waals surface area contributed by atoms with Crippen molar-refractivity contribution < 1.29 is 14.4 Å². The van der Waals surface area contributed by atoms with E-state index in [4.69, 9.17) is 9.63 Å². The molecule has 0 radical (unpaired) electrons. The van der Waals surface area contributed by atoms with Gasteiger partial charge in [-0.05, 0) is 26.0 Å². The van der Waals surface area contributed by atoms with E-state index in [-0.39, 0.29) is 5.92 Å². The molecule has 0 aliphatic heterocycles. The van der Waals surface area contributed by atoms with Crippen molar-refractivity contribution in [1.82, 2.24) is 15.1 Å². The van der Waals surface area contributed by atoms with E-state index in [9.17, 15) is 4.79 Å². The zero-order valence-electron chi connectivity index (χ0n) is 11.9. The summed E-state index contributed by atoms with van der Waals surface area (Å²) in [5, 5.41) is 12.9. The number of pyridine rings is 1. The molecule has 0 aromatic carbocycles. The summed E-state index contributed by atoms with van der Waals surface area (Å²) in [4.78, 5) is 19.6. The molecule has 0 bridgehead atoms. The van der Waals surface area contributed by atoms with Gasteiger partial charge < -0.3 is 9.63 Å². The van der Waals surface area contributed by atoms with E-state index in [0.29, 0.717) is 11.7 Å². The number of aromatic nitrogens is 3. The number of aryl methyl sites for hydroxylation is 2. The molecule has 0 spiro atoms. The predicted molar refractivity (Wildman–Crippen MR) is 72.2 cm³/mol. The number of aliphatic carboxylic acids is 1. The van der Waals surface area contributed by atoms with Crippen LogP contribution in [0.3, 0.4) is 0 Å². The molecular weight excluding hydrogens is 258 g/mol. The van der Waals surface area contributed by atoms with Crippen LogP contribution < -0.4 is 0 Å². The van der Waals surface area contributed by atoms with Crippen molar-refractivity contribution in [2.24, 2.45) is 5.92 Å². The van der Waals surface area contributed by atoms with E-state index in [0.717, 1.165) is 17.0 Å². The van der Waals surface area contributed by atoms with Gasteiger partial charge in [-0.15, -0.1) is 0 Å². The van der Waals surface area contributed by atoms with E-state index < -0.39 is 11.9 Å². The first-order valence-corrected chi connectivity index (χ1v) is 6.40. The number of nitrogens with zero attached hydrogens (tertiary/aromatic N) is 3. The molecule has 2 aromatic rings. The number of hydrogen-bond donors (Lipinski definition) is 1. The van der Waals surface area contributed by atoms with Gasteiger partial charge in [0.2, 0.25) is 11.7 Å². The maximum Gasteiger partial charge on any atom is 0.307 e. The second-order valence-electron chi connectivity index (χ2n) is 5.01. The second-order valence-corrected chi connectivity index (χ2v) is 5.01. The molecule has 6 nitrogen and oxygen atoms in total. The first kappa shape index (κ1) is 14.2. The van der Waals surface area contributed by atoms with Crippen LogP contribution in [-0.4, -0.2) is 26.2 Å². The molecular formula is C14H17N3O3. The number of carbonyl (C=O) groups is 1. The second kappa shape index (κ2) is 5.40. The molecule has 2 unspecified atom stereocenters. The lowest BCUT2D eigenvalue weighted by Gasteiger charge is -2.10. The fraction of sp³-hybridized carbons (Fsp3) is 0.429. The number of carboxylic acids is 1. The Morgan fingerprint density at radius 3 is 2.35 bits per heavy atom. The smallest absolute Gasteiger partial charge is 0.307 e. The van der Waals surface area contributed by atoms with Gasteiger partial charge in [-0.25, -0.2) is 0 Å². The summed E-state index contributed by atoms with van der Waals surface area (Å²) >= 11 is 0. The summed E-state index contributed by atoms with van der Waals surface area (Å²) in [6.45, 7) is 7.18. The molecule has 0 saturated heterocycles. The van der Waals surface area contributed by atoms with Gasteiger partial charge in [0.05, 0.1) is 5.92 Å². The summed E-state index contributed by atoms with van der Waals surface area (Å²) in [5.74, 6) is -1.00. The molecule has 0 fully saturated rings. The summed E-state index contributed by atoms with van der Waals surface area (Å²) in [6, 6.07) is 3.74. The first-order chi connectivity index (χ1) is 9.38. The normalized spacial score (nSPS) is 14.0. The predicted octanol–water partition coefficient (Wildman–Crippen LogP) is 2.57. The van der Waals surface area contributed by atoms with Gasteiger partial charge in [-0.3, -0.25) is 9.78 Å². The molecule has 1 N–H and O–H groups in total. The van der Waals surface area contributed by atoms with Crippen molar-refractivity contribution in [2.45, 2.75) is 33.6 Å². The van der Waals surface area contributed by atoms with Gasteiger partial charge in [-0.1, -0.05) is 19.0 Å². The Hall–Kier alpha value is -2.24. The minimum Gasteiger partial charge on any atom is -0.481 e. The lowest BCUT2D eigenvalue weighted by molar-refractivity contribution is -0.141. The highest BCUT2D eigenvalue weighted by atomic mass is 16.5. The molecule has 2 heterocycles. The van der Waals surface area contributed by atoms with Crippen LogP contribution in [0.2, 0.25) is 0 Å². The number of hydrogen-bond acceptors (Lipinski definition) is 5. The van der Waals surface area contributed by atoms with Gasteiger partial charge in [0.25, 0.3) is 0 Å². The van der Waals surface area contributed by atoms with E-state index in [2.05, 4.69) is 15.1 Å². The summed E-state index contributed by atoms with van der Waals surface area (Å²) in [7, 11) is 0. The maximum absolute atomic E-state index is 11.0. The molecule has 2 rings (SSSR count). The standard InChI is InChI=1S/C14H17N3O3/c1-7-5-11(6-8(2)15-7)12-16-13(20-17-12)9(3)10(4)14(18)19/h5-6,9-10H,1-4H3,(H,18,19). The molecule has 20 heavy (non-hydrogen) atoms. The fourth-order valence-corrected chi connectivity index (χ4v) is 1.93. The number of rotatable bonds is 4. The highest BCUT2D eigenvalue weighted by molar-refractivity contribution is 5.70. The van der Waals surface area contributed by atoms with Crippen LogP contribution in [0.5, 0.6) is 0 Å². The zero-order valence-corrected chi connectivity index (χ0v) is 11.9. The monoisotopic (exact) mass is 275 g/mol. The van der Waals surface area contributed by atoms with Gasteiger partial charge in [0.15, 0.2) is 0 Å². The maximum atomic E-state index is 11.0. The highest BCUT2D eigenvalue weighted by Crippen LogP contribution is 2.25. The summed E-state index contributed by atoms with van der Waals surface area (Å²) in [5.41, 5.74) is 2.57. The molecule has 0 amide bonds. The zero-order chi connectivity index (χ0) is 14.9. The van der Waals surface area contributed by atoms with Crippen LogP contribution in [0, 0.1) is 19.8 Å². The molecule has 0 aliphatic rings. The van der Waals surface area contributed by atoms with Crippen LogP contribution in [0.25, 0.3) is 11.4 Å². The third-order valence-corrected chi connectivity index (χ3v) is 3.31. The van der Waals surface area contributed by atoms with E-state index in [1.807, 2.05) is 26.0 Å². The van der Waals surface area contributed by atoms with Crippen molar-refractivity contribution in [3.8, 4) is 11.4 Å². The van der Waals surface area contributed by atoms with Crippen LogP contribution in [0.4, 0.5) is 0 Å². The van der Waals surface area contributed by atoms with E-state index in [1.165, 1.54) is 0 Å². The minimum atomic E-state index is -0.882. The van der Waals surface area contributed by atoms with Crippen molar-refractivity contribution in [3.63, 3.8) is 0 Å². The molecule has 0 saturated carbocycles. The minimum absolute atomic E-state index is 0.335. The van der Waals surface area contributed by atoms with Crippen LogP contribution in [0.1, 0.15) is 37.0 Å². The molecule has 106 valence electrons. The number of carboxylic acid groups (broad SMARTS) is 1. The van der Waals surface area contributed by atoms with Gasteiger partial charge in [-0.2, -0.15) is 4.98 Å². The third kappa shape index (κ3) is 2.84. The van der Waals surface area contributed by atoms with Crippen LogP contribution in [0.15, 0.2) is 16.7 Å². The Bertz CT molecular complexity index is 616. The summed E-state index contributed by atoms with van der Waals surface area (Å²) < 4.78 is 5.19. The fourth-order valence-electron chi connectivity index (χ4n) is 1.93. The molecule has 0 aliphatic carbocycles. The van der Waals surface area contributed by atoms with E-state index in [1.54, 1.807) is 13.8 Å². The Balaban J connectivity index is 2.31. The van der Waals surface area contributed by atoms with Crippen LogP contribution in [-0.2, 0) is 4.79 Å². The van der Waals surface area contributed by atoms with Crippen LogP contribution >= 0.6 is 0 Å². The van der Waals surface area contributed by atoms with E-state index >= 15 is 0 Å². The van der Waals surface area contributed by atoms with Crippen molar-refractivity contribution in [2.75, 3.05) is 0 Å². The lowest BCUT2D eigenvalue weighted by atomic mass is 9.96. The Kier molecular flexibility index (Phi) is 3.83. The highest BCUT2D eigenvalue weighted by Gasteiger charge is 2.26. The largest absolute Gasteiger partial charge is 0.481 e. The SMILES string of the molecule is Cc1cc(-c2noc(C(C)C(C)C(=O)O)n2)cc(C)n1. The Labute approximate surface area is 116 Å². The third-order valence-electron chi connectivity index (χ3n) is 3.31. The lowest BCUT2D eigenvalue weighted by Crippen LogP contribution is -2.16. The Morgan fingerprint density at radius 1 is 1.20 bits per heavy atom. The first-order valence-electron chi connectivity index (χ1n) is 6.40. The van der Waals surface area contributed by atoms with Crippen molar-refractivity contribution in [3.05, 3.63) is 29.4 Å². The van der Waals surface area contributed by atoms with Gasteiger partial charge in [0.1, 0.15) is 0 Å². The topological polar surface area (TPSA) is 89.1 Å².